The molecule has 5 heteroatoms. The van der Waals surface area contributed by atoms with Gasteiger partial charge in [0.25, 0.3) is 0 Å². The molecule has 1 aliphatic rings. The van der Waals surface area contributed by atoms with Gasteiger partial charge in [-0.05, 0) is 25.0 Å². The molecule has 5 nitrogen and oxygen atoms in total. The van der Waals surface area contributed by atoms with Crippen molar-refractivity contribution < 1.29 is 9.53 Å². The first-order valence-corrected chi connectivity index (χ1v) is 5.86. The fraction of sp³-hybridized carbons (Fsp3) is 0.308. The topological polar surface area (TPSA) is 57.0 Å². The summed E-state index contributed by atoms with van der Waals surface area (Å²) in [5.41, 5.74) is 2.29. The molecule has 0 aromatic carbocycles. The third-order valence-corrected chi connectivity index (χ3v) is 3.03. The SMILES string of the molecule is COC(=O)c1cc(-n2cnc(C3CC3)c2)ccn1. The minimum atomic E-state index is -0.431. The molecule has 0 radical (unpaired) electrons. The minimum absolute atomic E-state index is 0.302. The summed E-state index contributed by atoms with van der Waals surface area (Å²) in [6.45, 7) is 0. The highest BCUT2D eigenvalue weighted by atomic mass is 16.5. The maximum absolute atomic E-state index is 11.4. The molecule has 2 heterocycles. The van der Waals surface area contributed by atoms with Crippen LogP contribution in [0, 0.1) is 0 Å². The number of imidazole rings is 1. The first-order valence-electron chi connectivity index (χ1n) is 5.86. The van der Waals surface area contributed by atoms with Gasteiger partial charge in [0, 0.05) is 18.3 Å². The smallest absolute Gasteiger partial charge is 0.356 e. The van der Waals surface area contributed by atoms with Crippen LogP contribution in [0.4, 0.5) is 0 Å². The van der Waals surface area contributed by atoms with Crippen LogP contribution in [0.15, 0.2) is 30.9 Å². The number of pyridine rings is 1. The lowest BCUT2D eigenvalue weighted by Gasteiger charge is -2.03. The number of aromatic nitrogens is 3. The van der Waals surface area contributed by atoms with Crippen molar-refractivity contribution in [3.63, 3.8) is 0 Å². The molecule has 0 bridgehead atoms. The average Bonchev–Trinajstić information content (AvgIpc) is 3.15. The molecule has 0 amide bonds. The van der Waals surface area contributed by atoms with Gasteiger partial charge in [0.15, 0.2) is 0 Å². The van der Waals surface area contributed by atoms with Crippen molar-refractivity contribution in [2.24, 2.45) is 0 Å². The van der Waals surface area contributed by atoms with Crippen molar-refractivity contribution in [2.45, 2.75) is 18.8 Å². The summed E-state index contributed by atoms with van der Waals surface area (Å²) in [5.74, 6) is 0.188. The molecule has 3 rings (SSSR count). The van der Waals surface area contributed by atoms with Crippen molar-refractivity contribution in [3.8, 4) is 5.69 Å². The van der Waals surface area contributed by atoms with Gasteiger partial charge in [-0.2, -0.15) is 0 Å². The van der Waals surface area contributed by atoms with E-state index in [0.717, 1.165) is 11.4 Å². The Kier molecular flexibility index (Phi) is 2.59. The van der Waals surface area contributed by atoms with E-state index in [1.54, 1.807) is 18.6 Å². The molecule has 0 aliphatic heterocycles. The summed E-state index contributed by atoms with van der Waals surface area (Å²) in [6, 6.07) is 3.54. The third kappa shape index (κ3) is 1.99. The normalized spacial score (nSPS) is 14.5. The number of carbonyl (C=O) groups excluding carboxylic acids is 1. The van der Waals surface area contributed by atoms with E-state index in [1.807, 2.05) is 16.8 Å². The molecule has 2 aromatic rings. The Morgan fingerprint density at radius 1 is 1.44 bits per heavy atom. The van der Waals surface area contributed by atoms with Gasteiger partial charge in [-0.3, -0.25) is 0 Å². The molecule has 0 atom stereocenters. The molecule has 0 unspecified atom stereocenters. The highest BCUT2D eigenvalue weighted by molar-refractivity contribution is 5.87. The second-order valence-corrected chi connectivity index (χ2v) is 4.37. The summed E-state index contributed by atoms with van der Waals surface area (Å²) >= 11 is 0. The highest BCUT2D eigenvalue weighted by Crippen LogP contribution is 2.39. The molecular formula is C13H13N3O2. The van der Waals surface area contributed by atoms with Crippen molar-refractivity contribution in [3.05, 3.63) is 42.2 Å². The molecule has 18 heavy (non-hydrogen) atoms. The number of methoxy groups -OCH3 is 1. The first-order chi connectivity index (χ1) is 8.78. The second-order valence-electron chi connectivity index (χ2n) is 4.37. The third-order valence-electron chi connectivity index (χ3n) is 3.03. The Labute approximate surface area is 104 Å². The fourth-order valence-electron chi connectivity index (χ4n) is 1.87. The molecule has 1 aliphatic carbocycles. The van der Waals surface area contributed by atoms with E-state index < -0.39 is 5.97 Å². The maximum atomic E-state index is 11.4. The lowest BCUT2D eigenvalue weighted by Crippen LogP contribution is -2.05. The van der Waals surface area contributed by atoms with Crippen molar-refractivity contribution >= 4 is 5.97 Å². The van der Waals surface area contributed by atoms with Crippen LogP contribution in [-0.2, 0) is 4.74 Å². The van der Waals surface area contributed by atoms with Crippen LogP contribution in [0.5, 0.6) is 0 Å². The van der Waals surface area contributed by atoms with Gasteiger partial charge in [-0.25, -0.2) is 14.8 Å². The minimum Gasteiger partial charge on any atom is -0.464 e. The second kappa shape index (κ2) is 4.25. The summed E-state index contributed by atoms with van der Waals surface area (Å²) in [7, 11) is 1.35. The quantitative estimate of drug-likeness (QED) is 0.773. The van der Waals surface area contributed by atoms with E-state index in [4.69, 9.17) is 0 Å². The van der Waals surface area contributed by atoms with E-state index in [1.165, 1.54) is 20.0 Å². The van der Waals surface area contributed by atoms with Crippen LogP contribution in [0.3, 0.4) is 0 Å². The van der Waals surface area contributed by atoms with E-state index in [9.17, 15) is 4.79 Å². The van der Waals surface area contributed by atoms with Gasteiger partial charge in [0.1, 0.15) is 5.69 Å². The van der Waals surface area contributed by atoms with E-state index in [-0.39, 0.29) is 0 Å². The summed E-state index contributed by atoms with van der Waals surface area (Å²) < 4.78 is 6.56. The zero-order valence-corrected chi connectivity index (χ0v) is 10.0. The van der Waals surface area contributed by atoms with Crippen LogP contribution in [0.1, 0.15) is 34.9 Å². The molecule has 1 fully saturated rings. The zero-order chi connectivity index (χ0) is 12.5. The van der Waals surface area contributed by atoms with Gasteiger partial charge in [-0.1, -0.05) is 0 Å². The zero-order valence-electron chi connectivity index (χ0n) is 10.0. The summed E-state index contributed by atoms with van der Waals surface area (Å²) in [6.07, 6.45) is 7.82. The Bertz CT molecular complexity index is 587. The lowest BCUT2D eigenvalue weighted by molar-refractivity contribution is 0.0594. The number of hydrogen-bond acceptors (Lipinski definition) is 4. The van der Waals surface area contributed by atoms with Crippen molar-refractivity contribution in [1.29, 1.82) is 0 Å². The number of esters is 1. The van der Waals surface area contributed by atoms with Crippen LogP contribution in [-0.4, -0.2) is 27.6 Å². The standard InChI is InChI=1S/C13H13N3O2/c1-18-13(17)11-6-10(4-5-14-11)16-7-12(15-8-16)9-2-3-9/h4-9H,2-3H2,1H3. The van der Waals surface area contributed by atoms with Gasteiger partial charge < -0.3 is 9.30 Å². The van der Waals surface area contributed by atoms with Crippen LogP contribution < -0.4 is 0 Å². The van der Waals surface area contributed by atoms with Crippen LogP contribution in [0.25, 0.3) is 5.69 Å². The monoisotopic (exact) mass is 243 g/mol. The number of rotatable bonds is 3. The largest absolute Gasteiger partial charge is 0.464 e. The predicted octanol–water partition coefficient (Wildman–Crippen LogP) is 1.93. The van der Waals surface area contributed by atoms with Gasteiger partial charge in [-0.15, -0.1) is 0 Å². The van der Waals surface area contributed by atoms with E-state index in [2.05, 4.69) is 14.7 Å². The van der Waals surface area contributed by atoms with Crippen LogP contribution >= 0.6 is 0 Å². The molecule has 0 N–H and O–H groups in total. The maximum Gasteiger partial charge on any atom is 0.356 e. The van der Waals surface area contributed by atoms with Gasteiger partial charge in [0.2, 0.25) is 0 Å². The highest BCUT2D eigenvalue weighted by Gasteiger charge is 2.25. The molecule has 1 saturated carbocycles. The molecule has 92 valence electrons. The lowest BCUT2D eigenvalue weighted by atomic mass is 10.3. The number of carbonyl (C=O) groups is 1. The molecule has 2 aromatic heterocycles. The number of ether oxygens (including phenoxy) is 1. The van der Waals surface area contributed by atoms with Crippen molar-refractivity contribution in [2.75, 3.05) is 7.11 Å². The summed E-state index contributed by atoms with van der Waals surface area (Å²) in [4.78, 5) is 19.8. The fourth-order valence-corrected chi connectivity index (χ4v) is 1.87. The average molecular weight is 243 g/mol. The molecular weight excluding hydrogens is 230 g/mol. The van der Waals surface area contributed by atoms with Crippen LogP contribution in [0.2, 0.25) is 0 Å². The van der Waals surface area contributed by atoms with Gasteiger partial charge in [0.05, 0.1) is 24.8 Å². The number of nitrogens with zero attached hydrogens (tertiary/aromatic N) is 3. The molecule has 0 spiro atoms. The first kappa shape index (κ1) is 11.0. The van der Waals surface area contributed by atoms with Gasteiger partial charge >= 0.3 is 5.97 Å². The number of hydrogen-bond donors (Lipinski definition) is 0. The van der Waals surface area contributed by atoms with E-state index >= 15 is 0 Å². The Hall–Kier alpha value is -2.17. The predicted molar refractivity (Wildman–Crippen MR) is 64.7 cm³/mol. The molecule has 0 saturated heterocycles. The Morgan fingerprint density at radius 2 is 2.28 bits per heavy atom. The van der Waals surface area contributed by atoms with Crippen molar-refractivity contribution in [1.82, 2.24) is 14.5 Å². The van der Waals surface area contributed by atoms with E-state index in [0.29, 0.717) is 11.6 Å². The summed E-state index contributed by atoms with van der Waals surface area (Å²) in [5, 5.41) is 0. The Balaban J connectivity index is 1.92. The Morgan fingerprint density at radius 3 is 3.00 bits per heavy atom.